The Morgan fingerprint density at radius 1 is 0.839 bits per heavy atom. The fourth-order valence-electron chi connectivity index (χ4n) is 3.48. The summed E-state index contributed by atoms with van der Waals surface area (Å²) in [5, 5.41) is 12.0. The smallest absolute Gasteiger partial charge is 0.872 e. The molecule has 0 aliphatic carbocycles. The predicted octanol–water partition coefficient (Wildman–Crippen LogP) is 3.27. The normalized spacial score (nSPS) is 11.2. The number of aryl methyl sites for hydroxylation is 1. The molecule has 0 atom stereocenters. The van der Waals surface area contributed by atoms with Gasteiger partial charge in [-0.05, 0) is 42.7 Å². The van der Waals surface area contributed by atoms with Crippen molar-refractivity contribution < 1.29 is 52.4 Å². The van der Waals surface area contributed by atoms with Crippen molar-refractivity contribution in [2.24, 2.45) is 0 Å². The minimum absolute atomic E-state index is 0. The summed E-state index contributed by atoms with van der Waals surface area (Å²) in [7, 11) is -4.30. The summed E-state index contributed by atoms with van der Waals surface area (Å²) >= 11 is 0. The van der Waals surface area contributed by atoms with Gasteiger partial charge in [-0.3, -0.25) is 4.55 Å². The Hall–Kier alpha value is -1.05. The fraction of sp³-hybridized carbons (Fsp3) is 0.500. The molecule has 0 fully saturated rings. The molecule has 5 nitrogen and oxygen atoms in total. The molecular formula is C24H33NaO5S. The topological polar surface area (TPSA) is 86.7 Å². The van der Waals surface area contributed by atoms with E-state index in [9.17, 15) is 13.5 Å². The molecule has 0 aliphatic rings. The zero-order valence-corrected chi connectivity index (χ0v) is 21.6. The van der Waals surface area contributed by atoms with Crippen LogP contribution in [0.25, 0.3) is 0 Å². The van der Waals surface area contributed by atoms with E-state index in [0.717, 1.165) is 24.8 Å². The molecular weight excluding hydrogens is 423 g/mol. The molecule has 0 heterocycles. The SMILES string of the molecule is CCCCCCCCCCCCc1cc([O-])cc(Oc2cccc(S(=O)(=O)O)c2)c1.[Na+]. The van der Waals surface area contributed by atoms with Crippen molar-refractivity contribution >= 4 is 10.1 Å². The van der Waals surface area contributed by atoms with Gasteiger partial charge in [-0.2, -0.15) is 8.42 Å². The first-order valence-electron chi connectivity index (χ1n) is 10.9. The number of hydrogen-bond donors (Lipinski definition) is 1. The fourth-order valence-corrected chi connectivity index (χ4v) is 4.00. The van der Waals surface area contributed by atoms with E-state index in [4.69, 9.17) is 9.29 Å². The Bertz CT molecular complexity index is 883. The summed E-state index contributed by atoms with van der Waals surface area (Å²) in [6.45, 7) is 2.24. The summed E-state index contributed by atoms with van der Waals surface area (Å²) in [5.74, 6) is 0.484. The van der Waals surface area contributed by atoms with E-state index < -0.39 is 10.1 Å². The number of unbranched alkanes of at least 4 members (excludes halogenated alkanes) is 9. The van der Waals surface area contributed by atoms with E-state index in [1.54, 1.807) is 12.1 Å². The molecule has 0 saturated carbocycles. The monoisotopic (exact) mass is 456 g/mol. The van der Waals surface area contributed by atoms with Crippen molar-refractivity contribution in [2.75, 3.05) is 0 Å². The molecule has 0 bridgehead atoms. The molecule has 7 heteroatoms. The molecule has 0 saturated heterocycles. The zero-order valence-electron chi connectivity index (χ0n) is 18.8. The van der Waals surface area contributed by atoms with E-state index in [0.29, 0.717) is 5.75 Å². The van der Waals surface area contributed by atoms with Gasteiger partial charge < -0.3 is 9.84 Å². The Balaban J connectivity index is 0.00000480. The van der Waals surface area contributed by atoms with Crippen molar-refractivity contribution in [2.45, 2.75) is 82.4 Å². The summed E-state index contributed by atoms with van der Waals surface area (Å²) < 4.78 is 37.4. The largest absolute Gasteiger partial charge is 1.00 e. The predicted molar refractivity (Wildman–Crippen MR) is 118 cm³/mol. The minimum atomic E-state index is -4.30. The van der Waals surface area contributed by atoms with Crippen LogP contribution in [-0.2, 0) is 16.5 Å². The van der Waals surface area contributed by atoms with E-state index in [1.165, 1.54) is 75.6 Å². The summed E-state index contributed by atoms with van der Waals surface area (Å²) in [6.07, 6.45) is 13.4. The van der Waals surface area contributed by atoms with Gasteiger partial charge in [0.1, 0.15) is 11.5 Å². The van der Waals surface area contributed by atoms with Gasteiger partial charge in [-0.1, -0.05) is 76.8 Å². The zero-order chi connectivity index (χ0) is 21.8. The summed E-state index contributed by atoms with van der Waals surface area (Å²) in [4.78, 5) is -0.246. The van der Waals surface area contributed by atoms with Gasteiger partial charge in [0, 0.05) is 6.07 Å². The van der Waals surface area contributed by atoms with Gasteiger partial charge in [0.25, 0.3) is 10.1 Å². The maximum atomic E-state index is 12.0. The van der Waals surface area contributed by atoms with Crippen LogP contribution >= 0.6 is 0 Å². The summed E-state index contributed by atoms with van der Waals surface area (Å²) in [6, 6.07) is 10.4. The molecule has 0 radical (unpaired) electrons. The minimum Gasteiger partial charge on any atom is -0.872 e. The van der Waals surface area contributed by atoms with Gasteiger partial charge in [0.05, 0.1) is 4.90 Å². The first-order chi connectivity index (χ1) is 14.4. The molecule has 0 spiro atoms. The molecule has 31 heavy (non-hydrogen) atoms. The summed E-state index contributed by atoms with van der Waals surface area (Å²) in [5.41, 5.74) is 0.919. The molecule has 2 rings (SSSR count). The second-order valence-corrected chi connectivity index (χ2v) is 9.22. The van der Waals surface area contributed by atoms with Crippen molar-refractivity contribution in [1.82, 2.24) is 0 Å². The molecule has 1 N–H and O–H groups in total. The maximum Gasteiger partial charge on any atom is 1.00 e. The van der Waals surface area contributed by atoms with Crippen LogP contribution in [0.2, 0.25) is 0 Å². The molecule has 0 amide bonds. The Kier molecular flexibility index (Phi) is 13.5. The van der Waals surface area contributed by atoms with Crippen LogP contribution in [0.4, 0.5) is 0 Å². The Morgan fingerprint density at radius 3 is 2.06 bits per heavy atom. The van der Waals surface area contributed by atoms with Crippen LogP contribution in [0.15, 0.2) is 47.4 Å². The molecule has 0 aromatic heterocycles. The van der Waals surface area contributed by atoms with E-state index in [2.05, 4.69) is 6.92 Å². The van der Waals surface area contributed by atoms with Crippen LogP contribution in [0, 0.1) is 0 Å². The van der Waals surface area contributed by atoms with Crippen molar-refractivity contribution in [3.8, 4) is 17.2 Å². The Labute approximate surface area is 209 Å². The van der Waals surface area contributed by atoms with E-state index in [-0.39, 0.29) is 46.0 Å². The third-order valence-electron chi connectivity index (χ3n) is 5.10. The molecule has 166 valence electrons. The van der Waals surface area contributed by atoms with Gasteiger partial charge in [0.15, 0.2) is 0 Å². The average molecular weight is 457 g/mol. The third kappa shape index (κ3) is 11.4. The number of benzene rings is 2. The van der Waals surface area contributed by atoms with Crippen LogP contribution in [0.1, 0.15) is 76.7 Å². The van der Waals surface area contributed by atoms with Crippen LogP contribution < -0.4 is 39.4 Å². The van der Waals surface area contributed by atoms with Crippen LogP contribution in [-0.4, -0.2) is 13.0 Å². The average Bonchev–Trinajstić information content (AvgIpc) is 2.68. The quantitative estimate of drug-likeness (QED) is 0.268. The van der Waals surface area contributed by atoms with Crippen LogP contribution in [0.5, 0.6) is 17.2 Å². The molecule has 2 aromatic carbocycles. The number of hydrogen-bond acceptors (Lipinski definition) is 4. The third-order valence-corrected chi connectivity index (χ3v) is 5.95. The number of rotatable bonds is 14. The van der Waals surface area contributed by atoms with Gasteiger partial charge in [-0.25, -0.2) is 0 Å². The maximum absolute atomic E-state index is 12.0. The first kappa shape index (κ1) is 28.0. The van der Waals surface area contributed by atoms with Gasteiger partial charge in [-0.15, -0.1) is 5.75 Å². The number of ether oxygens (including phenoxy) is 1. The molecule has 2 aromatic rings. The van der Waals surface area contributed by atoms with Crippen molar-refractivity contribution in [1.29, 1.82) is 0 Å². The molecule has 0 aliphatic heterocycles. The Morgan fingerprint density at radius 2 is 1.45 bits per heavy atom. The van der Waals surface area contributed by atoms with Crippen LogP contribution in [0.3, 0.4) is 0 Å². The second-order valence-electron chi connectivity index (χ2n) is 7.80. The van der Waals surface area contributed by atoms with Gasteiger partial charge in [0.2, 0.25) is 0 Å². The standard InChI is InChI=1S/C24H34O5S.Na/c1-2-3-4-5-6-7-8-9-10-11-13-20-16-21(25)18-23(17-20)29-22-14-12-15-24(19-22)30(26,27)28;/h12,14-19,25H,2-11,13H2,1H3,(H,26,27,28);/q;+1/p-1. The van der Waals surface area contributed by atoms with Gasteiger partial charge >= 0.3 is 29.6 Å². The van der Waals surface area contributed by atoms with Crippen molar-refractivity contribution in [3.63, 3.8) is 0 Å². The van der Waals surface area contributed by atoms with E-state index in [1.807, 2.05) is 6.07 Å². The molecule has 0 unspecified atom stereocenters. The second kappa shape index (κ2) is 14.9. The van der Waals surface area contributed by atoms with Crippen molar-refractivity contribution in [3.05, 3.63) is 48.0 Å². The van der Waals surface area contributed by atoms with E-state index >= 15 is 0 Å². The first-order valence-corrected chi connectivity index (χ1v) is 12.4.